The fourth-order valence-corrected chi connectivity index (χ4v) is 0.873. The van der Waals surface area contributed by atoms with Crippen LogP contribution in [0.3, 0.4) is 0 Å². The number of amides is 1. The van der Waals surface area contributed by atoms with E-state index in [9.17, 15) is 9.36 Å². The zero-order valence-electron chi connectivity index (χ0n) is 4.99. The van der Waals surface area contributed by atoms with Gasteiger partial charge in [-0.1, -0.05) is 0 Å². The maximum atomic E-state index is 10.5. The highest BCUT2D eigenvalue weighted by atomic mass is 35.5. The number of hydrogen-bond acceptors (Lipinski definition) is 3. The second-order valence-electron chi connectivity index (χ2n) is 1.38. The second kappa shape index (κ2) is 3.93. The molecule has 10 heavy (non-hydrogen) atoms. The number of nitrogens with two attached hydrogens (primary N) is 1. The molecule has 0 aromatic carbocycles. The fraction of sp³-hybridized carbons (Fsp3) is 0.667. The molecule has 0 aliphatic rings. The van der Waals surface area contributed by atoms with Gasteiger partial charge in [0.25, 0.3) is 0 Å². The minimum Gasteiger partial charge on any atom is -0.359 e. The van der Waals surface area contributed by atoms with Crippen molar-refractivity contribution in [3.63, 3.8) is 0 Å². The van der Waals surface area contributed by atoms with E-state index in [4.69, 9.17) is 16.5 Å². The Morgan fingerprint density at radius 2 is 2.30 bits per heavy atom. The summed E-state index contributed by atoms with van der Waals surface area (Å²) in [6, 6.07) is 0. The van der Waals surface area contributed by atoms with Crippen molar-refractivity contribution in [1.29, 1.82) is 0 Å². The van der Waals surface area contributed by atoms with Crippen LogP contribution in [0.1, 0.15) is 0 Å². The Labute approximate surface area is 62.6 Å². The molecule has 0 spiro atoms. The predicted octanol–water partition coefficient (Wildman–Crippen LogP) is 0.506. The van der Waals surface area contributed by atoms with Crippen molar-refractivity contribution >= 4 is 24.8 Å². The molecule has 0 fully saturated rings. The van der Waals surface area contributed by atoms with Gasteiger partial charge in [0.2, 0.25) is 0 Å². The van der Waals surface area contributed by atoms with E-state index < -0.39 is 13.2 Å². The van der Waals surface area contributed by atoms with Crippen LogP contribution in [0.5, 0.6) is 0 Å². The molecule has 0 aliphatic carbocycles. The fourth-order valence-electron chi connectivity index (χ4n) is 0.222. The first kappa shape index (κ1) is 9.91. The molecule has 0 radical (unpaired) electrons. The summed E-state index contributed by atoms with van der Waals surface area (Å²) in [6.45, 7) is -0.168. The van der Waals surface area contributed by atoms with Crippen LogP contribution >= 0.6 is 19.2 Å². The zero-order chi connectivity index (χ0) is 8.20. The first-order valence-electron chi connectivity index (χ1n) is 2.34. The van der Waals surface area contributed by atoms with E-state index in [1.165, 1.54) is 0 Å². The molecule has 1 amide bonds. The van der Waals surface area contributed by atoms with Crippen LogP contribution in [0, 0.1) is 0 Å². The van der Waals surface area contributed by atoms with Gasteiger partial charge in [-0.05, 0) is 0 Å². The Kier molecular flexibility index (Phi) is 3.89. The van der Waals surface area contributed by atoms with Crippen LogP contribution in [0.2, 0.25) is 0 Å². The van der Waals surface area contributed by atoms with Gasteiger partial charge in [0, 0.05) is 5.88 Å². The van der Waals surface area contributed by atoms with E-state index >= 15 is 0 Å². The van der Waals surface area contributed by atoms with Gasteiger partial charge in [0.15, 0.2) is 0 Å². The molecule has 0 aromatic rings. The average Bonchev–Trinajstić information content (AvgIpc) is 1.84. The third-order valence-electron chi connectivity index (χ3n) is 0.622. The maximum absolute atomic E-state index is 10.5. The Morgan fingerprint density at radius 1 is 1.80 bits per heavy atom. The Morgan fingerprint density at radius 3 is 2.60 bits per heavy atom. The molecule has 0 heterocycles. The van der Waals surface area contributed by atoms with E-state index in [0.29, 0.717) is 0 Å². The SMILES string of the molecule is NC(=O)P(=O)(O)OCCCl. The highest BCUT2D eigenvalue weighted by Crippen LogP contribution is 2.41. The standard InChI is InChI=1S/C3H7ClNO4P/c4-1-2-9-10(7,8)3(5)6/h1-2H2,(H2,5,6)(H,7,8). The van der Waals surface area contributed by atoms with Crippen LogP contribution in [-0.4, -0.2) is 23.0 Å². The van der Waals surface area contributed by atoms with Crippen molar-refractivity contribution in [2.45, 2.75) is 0 Å². The van der Waals surface area contributed by atoms with Crippen LogP contribution in [-0.2, 0) is 9.09 Å². The lowest BCUT2D eigenvalue weighted by atomic mass is 10.9. The van der Waals surface area contributed by atoms with E-state index in [0.717, 1.165) is 0 Å². The van der Waals surface area contributed by atoms with Crippen LogP contribution in [0.25, 0.3) is 0 Å². The molecule has 0 rings (SSSR count). The van der Waals surface area contributed by atoms with Crippen molar-refractivity contribution in [2.24, 2.45) is 5.73 Å². The summed E-state index contributed by atoms with van der Waals surface area (Å²) >= 11 is 5.10. The summed E-state index contributed by atoms with van der Waals surface area (Å²) in [5, 5.41) is 0. The molecule has 0 saturated carbocycles. The lowest BCUT2D eigenvalue weighted by molar-refractivity contribution is 0.240. The molecular weight excluding hydrogens is 180 g/mol. The number of rotatable bonds is 4. The topological polar surface area (TPSA) is 89.6 Å². The zero-order valence-corrected chi connectivity index (χ0v) is 6.64. The smallest absolute Gasteiger partial charge is 0.359 e. The normalized spacial score (nSPS) is 16.2. The Balaban J connectivity index is 3.89. The first-order chi connectivity index (χ1) is 4.50. The largest absolute Gasteiger partial charge is 0.415 e. The Bertz CT molecular complexity index is 172. The molecule has 0 saturated heterocycles. The highest BCUT2D eigenvalue weighted by Gasteiger charge is 2.26. The first-order valence-corrected chi connectivity index (χ1v) is 4.45. The number of carbonyl (C=O) groups is 1. The van der Waals surface area contributed by atoms with Crippen LogP contribution in [0.15, 0.2) is 0 Å². The molecule has 0 aliphatic heterocycles. The summed E-state index contributed by atoms with van der Waals surface area (Å²) in [6.07, 6.45) is 0. The van der Waals surface area contributed by atoms with Gasteiger partial charge < -0.3 is 15.2 Å². The number of alkyl halides is 1. The van der Waals surface area contributed by atoms with E-state index in [1.807, 2.05) is 0 Å². The van der Waals surface area contributed by atoms with Crippen molar-refractivity contribution in [2.75, 3.05) is 12.5 Å². The Hall–Kier alpha value is -0.0900. The summed E-state index contributed by atoms with van der Waals surface area (Å²) in [7, 11) is -4.23. The molecule has 1 atom stereocenters. The third-order valence-corrected chi connectivity index (χ3v) is 1.87. The lowest BCUT2D eigenvalue weighted by Gasteiger charge is -2.04. The second-order valence-corrected chi connectivity index (χ2v) is 3.50. The van der Waals surface area contributed by atoms with E-state index in [-0.39, 0.29) is 12.5 Å². The number of hydrogen-bond donors (Lipinski definition) is 2. The van der Waals surface area contributed by atoms with Crippen molar-refractivity contribution in [1.82, 2.24) is 0 Å². The molecule has 7 heteroatoms. The summed E-state index contributed by atoms with van der Waals surface area (Å²) in [4.78, 5) is 18.6. The molecule has 60 valence electrons. The van der Waals surface area contributed by atoms with Crippen molar-refractivity contribution < 1.29 is 18.8 Å². The van der Waals surface area contributed by atoms with Crippen LogP contribution < -0.4 is 5.73 Å². The molecule has 5 nitrogen and oxygen atoms in total. The summed E-state index contributed by atoms with van der Waals surface area (Å²) in [5.41, 5.74) is 3.13. The maximum Gasteiger partial charge on any atom is 0.415 e. The summed E-state index contributed by atoms with van der Waals surface area (Å²) < 4.78 is 14.6. The van der Waals surface area contributed by atoms with E-state index in [1.54, 1.807) is 0 Å². The van der Waals surface area contributed by atoms with Crippen LogP contribution in [0.4, 0.5) is 4.79 Å². The number of carbonyl (C=O) groups excluding carboxylic acids is 1. The van der Waals surface area contributed by atoms with Gasteiger partial charge in [0.1, 0.15) is 0 Å². The van der Waals surface area contributed by atoms with E-state index in [2.05, 4.69) is 10.3 Å². The van der Waals surface area contributed by atoms with Crippen molar-refractivity contribution in [3.8, 4) is 0 Å². The quantitative estimate of drug-likeness (QED) is 0.496. The van der Waals surface area contributed by atoms with Gasteiger partial charge in [-0.2, -0.15) is 0 Å². The lowest BCUT2D eigenvalue weighted by Crippen LogP contribution is -2.11. The molecule has 0 bridgehead atoms. The monoisotopic (exact) mass is 187 g/mol. The van der Waals surface area contributed by atoms with Gasteiger partial charge in [-0.15, -0.1) is 11.6 Å². The minimum atomic E-state index is -4.23. The average molecular weight is 188 g/mol. The molecule has 0 aromatic heterocycles. The van der Waals surface area contributed by atoms with Gasteiger partial charge in [0.05, 0.1) is 6.61 Å². The van der Waals surface area contributed by atoms with Crippen molar-refractivity contribution in [3.05, 3.63) is 0 Å². The molecular formula is C3H7ClNO4P. The molecule has 1 unspecified atom stereocenters. The summed E-state index contributed by atoms with van der Waals surface area (Å²) in [5.74, 6) is 0.0395. The van der Waals surface area contributed by atoms with Gasteiger partial charge in [-0.3, -0.25) is 4.79 Å². The third kappa shape index (κ3) is 3.17. The van der Waals surface area contributed by atoms with Gasteiger partial charge in [-0.25, -0.2) is 4.57 Å². The number of primary amides is 1. The minimum absolute atomic E-state index is 0.0395. The number of halogens is 1. The predicted molar refractivity (Wildman–Crippen MR) is 36.1 cm³/mol. The van der Waals surface area contributed by atoms with Gasteiger partial charge >= 0.3 is 13.2 Å². The highest BCUT2D eigenvalue weighted by molar-refractivity contribution is 7.70. The molecule has 3 N–H and O–H groups in total.